The van der Waals surface area contributed by atoms with Crippen molar-refractivity contribution in [2.24, 2.45) is 10.9 Å². The number of rotatable bonds is 13. The Labute approximate surface area is 229 Å². The van der Waals surface area contributed by atoms with Crippen LogP contribution < -0.4 is 15.2 Å². The molecule has 1 aliphatic rings. The number of thiazole rings is 1. The number of benzene rings is 2. The number of aromatic nitrogens is 1. The van der Waals surface area contributed by atoms with Crippen molar-refractivity contribution in [2.45, 2.75) is 45.6 Å². The summed E-state index contributed by atoms with van der Waals surface area (Å²) in [5, 5.41) is 12.9. The zero-order chi connectivity index (χ0) is 26.7. The molecule has 4 rings (SSSR count). The molecule has 0 aliphatic carbocycles. The van der Waals surface area contributed by atoms with Crippen LogP contribution in [0.1, 0.15) is 54.5 Å². The highest BCUT2D eigenvalue weighted by molar-refractivity contribution is 7.12. The van der Waals surface area contributed by atoms with Gasteiger partial charge < -0.3 is 25.2 Å². The van der Waals surface area contributed by atoms with E-state index in [-0.39, 0.29) is 5.84 Å². The molecule has 0 amide bonds. The van der Waals surface area contributed by atoms with Gasteiger partial charge in [-0.25, -0.2) is 4.98 Å². The number of hydrogen-bond donors (Lipinski definition) is 2. The number of hydrogen-bond acceptors (Lipinski definition) is 8. The molecule has 9 heteroatoms. The quantitative estimate of drug-likeness (QED) is 0.0975. The van der Waals surface area contributed by atoms with Crippen LogP contribution in [0.5, 0.6) is 11.5 Å². The first kappa shape index (κ1) is 27.9. The summed E-state index contributed by atoms with van der Waals surface area (Å²) in [6.07, 6.45) is 2.92. The maximum absolute atomic E-state index is 8.72. The van der Waals surface area contributed by atoms with E-state index in [1.807, 2.05) is 35.6 Å². The fourth-order valence-electron chi connectivity index (χ4n) is 4.24. The molecule has 38 heavy (non-hydrogen) atoms. The summed E-state index contributed by atoms with van der Waals surface area (Å²) in [7, 11) is 0. The SMILES string of the molecule is CC(C)c1sc(CN2CCOCC2)nc1-c1ccc(OCCCCCOc2ccc(C(N)=NO)cc2)cc1. The van der Waals surface area contributed by atoms with Crippen molar-refractivity contribution in [3.63, 3.8) is 0 Å². The van der Waals surface area contributed by atoms with Gasteiger partial charge in [0, 0.05) is 29.1 Å². The highest BCUT2D eigenvalue weighted by Crippen LogP contribution is 2.35. The van der Waals surface area contributed by atoms with Gasteiger partial charge in [0.15, 0.2) is 5.84 Å². The largest absolute Gasteiger partial charge is 0.494 e. The summed E-state index contributed by atoms with van der Waals surface area (Å²) in [6, 6.07) is 15.5. The number of morpholine rings is 1. The Hall–Kier alpha value is -3.14. The number of nitrogens with two attached hydrogens (primary N) is 1. The van der Waals surface area contributed by atoms with Crippen LogP contribution in [0.4, 0.5) is 0 Å². The molecule has 8 nitrogen and oxygen atoms in total. The lowest BCUT2D eigenvalue weighted by Crippen LogP contribution is -2.35. The van der Waals surface area contributed by atoms with Crippen LogP contribution >= 0.6 is 11.3 Å². The molecule has 1 aromatic heterocycles. The molecule has 1 fully saturated rings. The summed E-state index contributed by atoms with van der Waals surface area (Å²) in [4.78, 5) is 8.79. The van der Waals surface area contributed by atoms with E-state index in [1.54, 1.807) is 12.1 Å². The lowest BCUT2D eigenvalue weighted by Gasteiger charge is -2.25. The smallest absolute Gasteiger partial charge is 0.170 e. The molecule has 0 atom stereocenters. The number of nitrogens with zero attached hydrogens (tertiary/aromatic N) is 3. The summed E-state index contributed by atoms with van der Waals surface area (Å²) >= 11 is 1.83. The van der Waals surface area contributed by atoms with E-state index < -0.39 is 0 Å². The van der Waals surface area contributed by atoms with Crippen LogP contribution in [0.15, 0.2) is 53.7 Å². The van der Waals surface area contributed by atoms with Crippen molar-refractivity contribution in [1.82, 2.24) is 9.88 Å². The minimum Gasteiger partial charge on any atom is -0.494 e. The Morgan fingerprint density at radius 3 is 2.18 bits per heavy atom. The zero-order valence-corrected chi connectivity index (χ0v) is 23.1. The van der Waals surface area contributed by atoms with Gasteiger partial charge in [-0.2, -0.15) is 0 Å². The van der Waals surface area contributed by atoms with E-state index in [0.717, 1.165) is 74.9 Å². The van der Waals surface area contributed by atoms with Crippen molar-refractivity contribution in [3.05, 3.63) is 64.0 Å². The van der Waals surface area contributed by atoms with E-state index in [0.29, 0.717) is 24.7 Å². The Morgan fingerprint density at radius 1 is 1.00 bits per heavy atom. The molecule has 1 saturated heterocycles. The molecule has 204 valence electrons. The molecule has 3 N–H and O–H groups in total. The third-order valence-corrected chi connectivity index (χ3v) is 7.74. The Bertz CT molecular complexity index is 1160. The third-order valence-electron chi connectivity index (χ3n) is 6.40. The zero-order valence-electron chi connectivity index (χ0n) is 22.3. The standard InChI is InChI=1S/C29H38N4O4S/c1-21(2)28-27(31-26(38-28)20-33-14-18-35-19-15-33)22-6-10-24(11-7-22)36-16-4-3-5-17-37-25-12-8-23(9-13-25)29(30)32-34/h6-13,21,34H,3-5,14-20H2,1-2H3,(H2,30,32). The van der Waals surface area contributed by atoms with Gasteiger partial charge in [0.1, 0.15) is 16.5 Å². The van der Waals surface area contributed by atoms with Crippen molar-refractivity contribution >= 4 is 17.2 Å². The fourth-order valence-corrected chi connectivity index (χ4v) is 5.38. The first-order chi connectivity index (χ1) is 18.5. The van der Waals surface area contributed by atoms with Crippen LogP contribution in [0.25, 0.3) is 11.3 Å². The number of amidine groups is 1. The van der Waals surface area contributed by atoms with Gasteiger partial charge in [0.2, 0.25) is 0 Å². The number of ether oxygens (including phenoxy) is 3. The molecule has 2 heterocycles. The predicted molar refractivity (Wildman–Crippen MR) is 152 cm³/mol. The van der Waals surface area contributed by atoms with Crippen LogP contribution in [-0.2, 0) is 11.3 Å². The summed E-state index contributed by atoms with van der Waals surface area (Å²) in [6.45, 7) is 10.2. The molecule has 0 unspecified atom stereocenters. The summed E-state index contributed by atoms with van der Waals surface area (Å²) in [5.74, 6) is 2.17. The summed E-state index contributed by atoms with van der Waals surface area (Å²) in [5.41, 5.74) is 8.47. The van der Waals surface area contributed by atoms with E-state index in [2.05, 4.69) is 36.0 Å². The average molecular weight is 539 g/mol. The van der Waals surface area contributed by atoms with Gasteiger partial charge >= 0.3 is 0 Å². The first-order valence-electron chi connectivity index (χ1n) is 13.3. The van der Waals surface area contributed by atoms with E-state index in [9.17, 15) is 0 Å². The van der Waals surface area contributed by atoms with Gasteiger partial charge in [-0.1, -0.05) is 19.0 Å². The maximum Gasteiger partial charge on any atom is 0.170 e. The molecular weight excluding hydrogens is 500 g/mol. The normalized spacial score (nSPS) is 14.7. The lowest BCUT2D eigenvalue weighted by atomic mass is 10.1. The Morgan fingerprint density at radius 2 is 1.61 bits per heavy atom. The van der Waals surface area contributed by atoms with Gasteiger partial charge in [-0.3, -0.25) is 4.90 Å². The second-order valence-corrected chi connectivity index (χ2v) is 10.8. The highest BCUT2D eigenvalue weighted by atomic mass is 32.1. The molecule has 3 aromatic rings. The van der Waals surface area contributed by atoms with Crippen LogP contribution in [-0.4, -0.2) is 60.4 Å². The Balaban J connectivity index is 1.19. The predicted octanol–water partition coefficient (Wildman–Crippen LogP) is 5.49. The topological polar surface area (TPSA) is 102 Å². The van der Waals surface area contributed by atoms with Gasteiger partial charge in [0.25, 0.3) is 0 Å². The second kappa shape index (κ2) is 14.1. The highest BCUT2D eigenvalue weighted by Gasteiger charge is 2.19. The third kappa shape index (κ3) is 7.93. The van der Waals surface area contributed by atoms with Crippen LogP contribution in [0, 0.1) is 0 Å². The molecule has 0 bridgehead atoms. The molecule has 0 radical (unpaired) electrons. The molecule has 1 aliphatic heterocycles. The lowest BCUT2D eigenvalue weighted by molar-refractivity contribution is 0.0342. The Kier molecular flexibility index (Phi) is 10.4. The van der Waals surface area contributed by atoms with Gasteiger partial charge in [-0.05, 0) is 73.7 Å². The van der Waals surface area contributed by atoms with Crippen LogP contribution in [0.2, 0.25) is 0 Å². The van der Waals surface area contributed by atoms with Crippen molar-refractivity contribution in [3.8, 4) is 22.8 Å². The fraction of sp³-hybridized carbons (Fsp3) is 0.448. The van der Waals surface area contributed by atoms with E-state index in [1.165, 1.54) is 9.88 Å². The van der Waals surface area contributed by atoms with E-state index >= 15 is 0 Å². The van der Waals surface area contributed by atoms with Crippen molar-refractivity contribution in [2.75, 3.05) is 39.5 Å². The second-order valence-electron chi connectivity index (χ2n) is 9.66. The molecule has 2 aromatic carbocycles. The van der Waals surface area contributed by atoms with Gasteiger partial charge in [0.05, 0.1) is 38.7 Å². The number of oxime groups is 1. The maximum atomic E-state index is 8.72. The van der Waals surface area contributed by atoms with Crippen LogP contribution in [0.3, 0.4) is 0 Å². The minimum absolute atomic E-state index is 0.0863. The summed E-state index contributed by atoms with van der Waals surface area (Å²) < 4.78 is 17.2. The molecule has 0 saturated carbocycles. The van der Waals surface area contributed by atoms with Crippen molar-refractivity contribution in [1.29, 1.82) is 0 Å². The van der Waals surface area contributed by atoms with Crippen molar-refractivity contribution < 1.29 is 19.4 Å². The monoisotopic (exact) mass is 538 g/mol. The minimum atomic E-state index is 0.0863. The van der Waals surface area contributed by atoms with E-state index in [4.69, 9.17) is 30.1 Å². The number of unbranched alkanes of at least 4 members (excludes halogenated alkanes) is 2. The molecule has 0 spiro atoms. The average Bonchev–Trinajstić information content (AvgIpc) is 3.37. The van der Waals surface area contributed by atoms with Gasteiger partial charge in [-0.15, -0.1) is 11.3 Å². The first-order valence-corrected chi connectivity index (χ1v) is 14.1. The molecular formula is C29H38N4O4S.